The summed E-state index contributed by atoms with van der Waals surface area (Å²) in [5.41, 5.74) is 0.753. The van der Waals surface area contributed by atoms with E-state index < -0.39 is 0 Å². The quantitative estimate of drug-likeness (QED) is 0.858. The van der Waals surface area contributed by atoms with Crippen molar-refractivity contribution in [3.05, 3.63) is 29.3 Å². The zero-order valence-electron chi connectivity index (χ0n) is 10.2. The Hall–Kier alpha value is -0.730. The second kappa shape index (κ2) is 5.28. The van der Waals surface area contributed by atoms with E-state index in [0.717, 1.165) is 23.6 Å². The van der Waals surface area contributed by atoms with Crippen LogP contribution < -0.4 is 5.32 Å². The molecule has 0 aliphatic heterocycles. The van der Waals surface area contributed by atoms with E-state index in [0.29, 0.717) is 5.92 Å². The van der Waals surface area contributed by atoms with Gasteiger partial charge in [0.25, 0.3) is 0 Å². The first-order valence-electron chi connectivity index (χ1n) is 6.35. The van der Waals surface area contributed by atoms with Crippen LogP contribution in [-0.2, 0) is 0 Å². The predicted molar refractivity (Wildman–Crippen MR) is 72.5 cm³/mol. The van der Waals surface area contributed by atoms with E-state index in [1.807, 2.05) is 24.3 Å². The monoisotopic (exact) mass is 253 g/mol. The number of hydrogen-bond donors (Lipinski definition) is 2. The number of benzene rings is 1. The van der Waals surface area contributed by atoms with Crippen LogP contribution in [0.25, 0.3) is 0 Å². The fourth-order valence-electron chi connectivity index (χ4n) is 2.98. The van der Waals surface area contributed by atoms with Crippen molar-refractivity contribution in [2.45, 2.75) is 38.1 Å². The van der Waals surface area contributed by atoms with Gasteiger partial charge in [0, 0.05) is 0 Å². The standard InChI is InChI=1S/C14H20ClNO/c1-2-11-6-5-9-14(11,10-17)16-13-8-4-3-7-12(13)15/h3-4,7-8,11,16-17H,2,5-6,9-10H2,1H3. The van der Waals surface area contributed by atoms with E-state index in [2.05, 4.69) is 12.2 Å². The number of aliphatic hydroxyl groups is 1. The Labute approximate surface area is 108 Å². The predicted octanol–water partition coefficient (Wildman–Crippen LogP) is 3.69. The van der Waals surface area contributed by atoms with Crippen molar-refractivity contribution in [2.75, 3.05) is 11.9 Å². The molecule has 1 fully saturated rings. The number of para-hydroxylation sites is 1. The lowest BCUT2D eigenvalue weighted by molar-refractivity contribution is 0.174. The van der Waals surface area contributed by atoms with Gasteiger partial charge in [0.1, 0.15) is 0 Å². The fraction of sp³-hybridized carbons (Fsp3) is 0.571. The van der Waals surface area contributed by atoms with Gasteiger partial charge in [0.05, 0.1) is 22.9 Å². The first kappa shape index (κ1) is 12.7. The van der Waals surface area contributed by atoms with E-state index in [1.165, 1.54) is 12.8 Å². The van der Waals surface area contributed by atoms with Gasteiger partial charge in [-0.1, -0.05) is 43.5 Å². The Balaban J connectivity index is 2.23. The van der Waals surface area contributed by atoms with Crippen LogP contribution in [0.5, 0.6) is 0 Å². The summed E-state index contributed by atoms with van der Waals surface area (Å²) in [4.78, 5) is 0. The Morgan fingerprint density at radius 3 is 2.88 bits per heavy atom. The van der Waals surface area contributed by atoms with Crippen LogP contribution in [0.15, 0.2) is 24.3 Å². The number of aliphatic hydroxyl groups excluding tert-OH is 1. The molecule has 1 aromatic rings. The van der Waals surface area contributed by atoms with Gasteiger partial charge in [0.15, 0.2) is 0 Å². The third-order valence-corrected chi connectivity index (χ3v) is 4.32. The largest absolute Gasteiger partial charge is 0.394 e. The highest BCUT2D eigenvalue weighted by Gasteiger charge is 2.41. The second-order valence-corrected chi connectivity index (χ2v) is 5.32. The SMILES string of the molecule is CCC1CCCC1(CO)Nc1ccccc1Cl. The lowest BCUT2D eigenvalue weighted by Gasteiger charge is -2.35. The van der Waals surface area contributed by atoms with Crippen LogP contribution >= 0.6 is 11.6 Å². The Morgan fingerprint density at radius 1 is 1.47 bits per heavy atom. The summed E-state index contributed by atoms with van der Waals surface area (Å²) in [6.07, 6.45) is 4.48. The molecule has 2 atom stereocenters. The van der Waals surface area contributed by atoms with Crippen molar-refractivity contribution in [1.29, 1.82) is 0 Å². The summed E-state index contributed by atoms with van der Waals surface area (Å²) in [6, 6.07) is 7.75. The lowest BCUT2D eigenvalue weighted by Crippen LogP contribution is -2.45. The van der Waals surface area contributed by atoms with Crippen LogP contribution in [0.1, 0.15) is 32.6 Å². The van der Waals surface area contributed by atoms with Crippen LogP contribution in [0.2, 0.25) is 5.02 Å². The maximum Gasteiger partial charge on any atom is 0.0664 e. The zero-order valence-corrected chi connectivity index (χ0v) is 11.0. The molecule has 17 heavy (non-hydrogen) atoms. The Bertz CT molecular complexity index is 382. The van der Waals surface area contributed by atoms with E-state index >= 15 is 0 Å². The highest BCUT2D eigenvalue weighted by molar-refractivity contribution is 6.33. The molecule has 0 bridgehead atoms. The highest BCUT2D eigenvalue weighted by Crippen LogP contribution is 2.41. The maximum absolute atomic E-state index is 9.76. The molecule has 1 aliphatic carbocycles. The Kier molecular flexibility index (Phi) is 3.95. The molecule has 94 valence electrons. The summed E-state index contributed by atoms with van der Waals surface area (Å²) in [5.74, 6) is 0.531. The minimum atomic E-state index is -0.181. The molecule has 2 nitrogen and oxygen atoms in total. The summed E-state index contributed by atoms with van der Waals surface area (Å²) in [7, 11) is 0. The number of anilines is 1. The zero-order chi connectivity index (χ0) is 12.3. The van der Waals surface area contributed by atoms with Gasteiger partial charge in [-0.05, 0) is 30.9 Å². The number of hydrogen-bond acceptors (Lipinski definition) is 2. The van der Waals surface area contributed by atoms with E-state index in [1.54, 1.807) is 0 Å². The van der Waals surface area contributed by atoms with E-state index in [-0.39, 0.29) is 12.1 Å². The highest BCUT2D eigenvalue weighted by atomic mass is 35.5. The van der Waals surface area contributed by atoms with Gasteiger partial charge in [-0.15, -0.1) is 0 Å². The smallest absolute Gasteiger partial charge is 0.0664 e. The molecule has 3 heteroatoms. The van der Waals surface area contributed by atoms with Crippen molar-refractivity contribution in [3.63, 3.8) is 0 Å². The van der Waals surface area contributed by atoms with Gasteiger partial charge in [0.2, 0.25) is 0 Å². The molecule has 0 saturated heterocycles. The molecule has 2 unspecified atom stereocenters. The minimum Gasteiger partial charge on any atom is -0.394 e. The number of halogens is 1. The van der Waals surface area contributed by atoms with Gasteiger partial charge in [-0.3, -0.25) is 0 Å². The molecular weight excluding hydrogens is 234 g/mol. The van der Waals surface area contributed by atoms with Gasteiger partial charge >= 0.3 is 0 Å². The average Bonchev–Trinajstić information content (AvgIpc) is 2.75. The summed E-state index contributed by atoms with van der Waals surface area (Å²) >= 11 is 6.17. The first-order valence-corrected chi connectivity index (χ1v) is 6.73. The van der Waals surface area contributed by atoms with Crippen molar-refractivity contribution < 1.29 is 5.11 Å². The summed E-state index contributed by atoms with van der Waals surface area (Å²) in [6.45, 7) is 2.37. The first-order chi connectivity index (χ1) is 8.22. The average molecular weight is 254 g/mol. The summed E-state index contributed by atoms with van der Waals surface area (Å²) < 4.78 is 0. The van der Waals surface area contributed by atoms with Gasteiger partial charge < -0.3 is 10.4 Å². The molecule has 0 radical (unpaired) electrons. The van der Waals surface area contributed by atoms with Crippen LogP contribution in [0.4, 0.5) is 5.69 Å². The molecule has 0 aromatic heterocycles. The molecule has 0 amide bonds. The topological polar surface area (TPSA) is 32.3 Å². The van der Waals surface area contributed by atoms with Crippen LogP contribution in [0, 0.1) is 5.92 Å². The Morgan fingerprint density at radius 2 is 2.24 bits per heavy atom. The molecule has 0 spiro atoms. The van der Waals surface area contributed by atoms with E-state index in [4.69, 9.17) is 11.6 Å². The molecule has 0 heterocycles. The molecule has 2 rings (SSSR count). The van der Waals surface area contributed by atoms with Crippen molar-refractivity contribution >= 4 is 17.3 Å². The van der Waals surface area contributed by atoms with Gasteiger partial charge in [-0.25, -0.2) is 0 Å². The number of nitrogens with one attached hydrogen (secondary N) is 1. The fourth-order valence-corrected chi connectivity index (χ4v) is 3.17. The third kappa shape index (κ3) is 2.43. The van der Waals surface area contributed by atoms with Crippen molar-refractivity contribution in [3.8, 4) is 0 Å². The van der Waals surface area contributed by atoms with Gasteiger partial charge in [-0.2, -0.15) is 0 Å². The molecule has 1 aliphatic rings. The van der Waals surface area contributed by atoms with E-state index in [9.17, 15) is 5.11 Å². The molecular formula is C14H20ClNO. The third-order valence-electron chi connectivity index (χ3n) is 3.99. The normalized spacial score (nSPS) is 28.3. The second-order valence-electron chi connectivity index (χ2n) is 4.92. The summed E-state index contributed by atoms with van der Waals surface area (Å²) in [5, 5.41) is 14.0. The minimum absolute atomic E-state index is 0.177. The lowest BCUT2D eigenvalue weighted by atomic mass is 9.85. The number of rotatable bonds is 4. The maximum atomic E-state index is 9.76. The molecule has 2 N–H and O–H groups in total. The molecule has 1 saturated carbocycles. The van der Waals surface area contributed by atoms with Crippen LogP contribution in [-0.4, -0.2) is 17.3 Å². The van der Waals surface area contributed by atoms with Crippen molar-refractivity contribution in [2.24, 2.45) is 5.92 Å². The van der Waals surface area contributed by atoms with Crippen LogP contribution in [0.3, 0.4) is 0 Å². The molecule has 1 aromatic carbocycles. The van der Waals surface area contributed by atoms with Crippen molar-refractivity contribution in [1.82, 2.24) is 0 Å².